The highest BCUT2D eigenvalue weighted by Crippen LogP contribution is 2.32. The summed E-state index contributed by atoms with van der Waals surface area (Å²) in [4.78, 5) is 23.7. The molecule has 20 heteroatoms. The predicted octanol–water partition coefficient (Wildman–Crippen LogP) is 2.48. The van der Waals surface area contributed by atoms with Crippen LogP contribution in [-0.4, -0.2) is 127 Å². The number of hydrogen-bond acceptors (Lipinski definition) is 17. The number of nitrogens with zero attached hydrogens (tertiary/aromatic N) is 7. The Bertz CT molecular complexity index is 2050. The Morgan fingerprint density at radius 1 is 0.750 bits per heavy atom. The van der Waals surface area contributed by atoms with E-state index in [9.17, 15) is 26.9 Å². The molecule has 0 unspecified atom stereocenters. The van der Waals surface area contributed by atoms with Crippen molar-refractivity contribution in [2.24, 2.45) is 0 Å². The summed E-state index contributed by atoms with van der Waals surface area (Å²) in [6.45, 7) is 11.8. The standard InChI is InChI=1S/C16H21N5O5S.C16H23N5O3S/c1-11-15(12(2)26-19-11)13-9-14(21(22)23)16(18-10-13)17-3-4-20-5-7-27(24,25)8-6-20;1-11-15(12(2)24-20-11)13-9-14(17)16(19-10-13)18-3-4-21-5-7-25(22,23)8-6-21/h9-10H,3-8H2,1-2H3,(H,17,18);9-10H,3-8,17H2,1-2H3,(H,18,19). The van der Waals surface area contributed by atoms with E-state index in [-0.39, 0.29) is 34.5 Å². The highest BCUT2D eigenvalue weighted by molar-refractivity contribution is 7.91. The van der Waals surface area contributed by atoms with E-state index in [1.807, 2.05) is 24.8 Å². The zero-order valence-corrected chi connectivity index (χ0v) is 31.2. The number of aryl methyl sites for hydroxylation is 4. The lowest BCUT2D eigenvalue weighted by molar-refractivity contribution is -0.384. The van der Waals surface area contributed by atoms with Gasteiger partial charge < -0.3 is 25.4 Å². The van der Waals surface area contributed by atoms with Crippen molar-refractivity contribution in [2.75, 3.05) is 91.7 Å². The fourth-order valence-electron chi connectivity index (χ4n) is 6.03. The van der Waals surface area contributed by atoms with E-state index in [0.29, 0.717) is 79.9 Å². The number of aromatic nitrogens is 4. The Morgan fingerprint density at radius 3 is 1.58 bits per heavy atom. The highest BCUT2D eigenvalue weighted by atomic mass is 32.2. The summed E-state index contributed by atoms with van der Waals surface area (Å²) in [5.74, 6) is 2.89. The Morgan fingerprint density at radius 2 is 1.17 bits per heavy atom. The Labute approximate surface area is 302 Å². The number of anilines is 3. The van der Waals surface area contributed by atoms with Crippen LogP contribution < -0.4 is 16.4 Å². The molecule has 0 atom stereocenters. The molecule has 2 aliphatic rings. The van der Waals surface area contributed by atoms with Crippen LogP contribution in [0.1, 0.15) is 22.9 Å². The maximum atomic E-state index is 11.5. The van der Waals surface area contributed by atoms with Gasteiger partial charge in [-0.3, -0.25) is 19.9 Å². The maximum absolute atomic E-state index is 11.5. The first-order valence-corrected chi connectivity index (χ1v) is 20.4. The number of nitrogen functional groups attached to an aromatic ring is 1. The average molecular weight is 761 g/mol. The van der Waals surface area contributed by atoms with E-state index >= 15 is 0 Å². The van der Waals surface area contributed by atoms with Gasteiger partial charge in [-0.05, 0) is 33.8 Å². The fraction of sp³-hybridized carbons (Fsp3) is 0.500. The molecular weight excluding hydrogens is 717 g/mol. The summed E-state index contributed by atoms with van der Waals surface area (Å²) < 4.78 is 56.1. The second-order valence-electron chi connectivity index (χ2n) is 12.7. The van der Waals surface area contributed by atoms with Crippen molar-refractivity contribution in [1.82, 2.24) is 30.1 Å². The zero-order chi connectivity index (χ0) is 37.6. The van der Waals surface area contributed by atoms with Crippen LogP contribution in [0.3, 0.4) is 0 Å². The molecule has 18 nitrogen and oxygen atoms in total. The molecule has 0 spiro atoms. The van der Waals surface area contributed by atoms with Crippen molar-refractivity contribution in [1.29, 1.82) is 0 Å². The number of hydrogen-bond donors (Lipinski definition) is 3. The highest BCUT2D eigenvalue weighted by Gasteiger charge is 2.24. The first-order valence-electron chi connectivity index (χ1n) is 16.7. The molecule has 0 aromatic carbocycles. The van der Waals surface area contributed by atoms with Gasteiger partial charge in [-0.1, -0.05) is 10.3 Å². The predicted molar refractivity (Wildman–Crippen MR) is 197 cm³/mol. The quantitative estimate of drug-likeness (QED) is 0.147. The zero-order valence-electron chi connectivity index (χ0n) is 29.6. The normalized spacial score (nSPS) is 17.2. The topological polar surface area (TPSA) is 246 Å². The summed E-state index contributed by atoms with van der Waals surface area (Å²) in [5, 5.41) is 25.5. The smallest absolute Gasteiger partial charge is 0.311 e. The second kappa shape index (κ2) is 16.3. The third-order valence-corrected chi connectivity index (χ3v) is 12.2. The molecule has 0 bridgehead atoms. The lowest BCUT2D eigenvalue weighted by atomic mass is 10.1. The molecule has 6 rings (SSSR count). The van der Waals surface area contributed by atoms with Gasteiger partial charge in [0.15, 0.2) is 19.7 Å². The van der Waals surface area contributed by atoms with E-state index in [1.165, 1.54) is 6.07 Å². The number of sulfone groups is 2. The van der Waals surface area contributed by atoms with Gasteiger partial charge in [0.1, 0.15) is 17.3 Å². The van der Waals surface area contributed by atoms with Gasteiger partial charge in [0, 0.05) is 93.1 Å². The molecule has 52 heavy (non-hydrogen) atoms. The van der Waals surface area contributed by atoms with Gasteiger partial charge in [0.25, 0.3) is 0 Å². The van der Waals surface area contributed by atoms with Gasteiger partial charge in [0.2, 0.25) is 5.82 Å². The summed E-state index contributed by atoms with van der Waals surface area (Å²) >= 11 is 0. The first-order chi connectivity index (χ1) is 24.6. The number of rotatable bonds is 11. The van der Waals surface area contributed by atoms with Crippen LogP contribution in [0.5, 0.6) is 0 Å². The summed E-state index contributed by atoms with van der Waals surface area (Å²) in [6.07, 6.45) is 3.30. The van der Waals surface area contributed by atoms with Crippen LogP contribution in [0, 0.1) is 37.8 Å². The van der Waals surface area contributed by atoms with Crippen molar-refractivity contribution in [3.05, 3.63) is 57.5 Å². The Balaban J connectivity index is 0.000000202. The van der Waals surface area contributed by atoms with E-state index in [4.69, 9.17) is 14.8 Å². The molecular formula is C32H44N10O8S2. The van der Waals surface area contributed by atoms with Crippen molar-refractivity contribution in [3.63, 3.8) is 0 Å². The summed E-state index contributed by atoms with van der Waals surface area (Å²) in [6, 6.07) is 3.31. The molecule has 0 amide bonds. The van der Waals surface area contributed by atoms with E-state index in [2.05, 4.69) is 35.8 Å². The van der Waals surface area contributed by atoms with E-state index < -0.39 is 24.6 Å². The molecule has 282 valence electrons. The molecule has 4 aromatic rings. The monoisotopic (exact) mass is 760 g/mol. The first kappa shape index (κ1) is 38.6. The molecule has 6 heterocycles. The number of pyridine rings is 2. The van der Waals surface area contributed by atoms with Crippen LogP contribution >= 0.6 is 0 Å². The number of nitrogens with one attached hydrogen (secondary N) is 2. The van der Waals surface area contributed by atoms with Crippen LogP contribution in [0.4, 0.5) is 23.0 Å². The maximum Gasteiger partial charge on any atom is 0.311 e. The lowest BCUT2D eigenvalue weighted by Gasteiger charge is -2.26. The summed E-state index contributed by atoms with van der Waals surface area (Å²) in [5.41, 5.74) is 11.1. The van der Waals surface area contributed by atoms with Crippen molar-refractivity contribution < 1.29 is 30.8 Å². The van der Waals surface area contributed by atoms with Crippen LogP contribution in [0.25, 0.3) is 22.3 Å². The largest absolute Gasteiger partial charge is 0.396 e. The number of nitrogens with two attached hydrogens (primary N) is 1. The van der Waals surface area contributed by atoms with Gasteiger partial charge in [-0.25, -0.2) is 26.8 Å². The molecule has 2 saturated heterocycles. The fourth-order valence-corrected chi connectivity index (χ4v) is 8.59. The Kier molecular flexibility index (Phi) is 12.1. The average Bonchev–Trinajstić information content (AvgIpc) is 3.61. The molecule has 4 aromatic heterocycles. The molecule has 0 radical (unpaired) electrons. The molecule has 0 saturated carbocycles. The molecule has 2 aliphatic heterocycles. The third-order valence-electron chi connectivity index (χ3n) is 8.94. The van der Waals surface area contributed by atoms with Crippen LogP contribution in [0.2, 0.25) is 0 Å². The third kappa shape index (κ3) is 9.81. The molecule has 4 N–H and O–H groups in total. The van der Waals surface area contributed by atoms with Crippen LogP contribution in [0.15, 0.2) is 33.6 Å². The van der Waals surface area contributed by atoms with Gasteiger partial charge in [-0.15, -0.1) is 0 Å². The van der Waals surface area contributed by atoms with Gasteiger partial charge >= 0.3 is 5.69 Å². The van der Waals surface area contributed by atoms with Gasteiger partial charge in [0.05, 0.1) is 45.0 Å². The summed E-state index contributed by atoms with van der Waals surface area (Å²) in [7, 11) is -5.76. The van der Waals surface area contributed by atoms with Crippen molar-refractivity contribution in [2.45, 2.75) is 27.7 Å². The van der Waals surface area contributed by atoms with E-state index in [1.54, 1.807) is 26.2 Å². The van der Waals surface area contributed by atoms with Crippen molar-refractivity contribution in [3.8, 4) is 22.3 Å². The SMILES string of the molecule is Cc1noc(C)c1-c1cnc(NCCN2CCS(=O)(=O)CC2)c(N)c1.Cc1noc(C)c1-c1cnc(NCCN2CCS(=O)(=O)CC2)c([N+](=O)[O-])c1. The molecule has 2 fully saturated rings. The van der Waals surface area contributed by atoms with Gasteiger partial charge in [-0.2, -0.15) is 0 Å². The van der Waals surface area contributed by atoms with E-state index in [0.717, 1.165) is 29.1 Å². The van der Waals surface area contributed by atoms with Crippen molar-refractivity contribution >= 4 is 42.7 Å². The lowest BCUT2D eigenvalue weighted by Crippen LogP contribution is -2.42. The number of nitro groups is 1. The minimum Gasteiger partial charge on any atom is -0.396 e. The molecule has 0 aliphatic carbocycles. The minimum atomic E-state index is -2.92. The second-order valence-corrected chi connectivity index (χ2v) is 17.4. The Hall–Kier alpha value is -4.66. The minimum absolute atomic E-state index is 0.131. The van der Waals surface area contributed by atoms with Crippen LogP contribution in [-0.2, 0) is 19.7 Å².